The average molecular weight is 225 g/mol. The van der Waals surface area contributed by atoms with E-state index in [1.165, 1.54) is 10.9 Å². The summed E-state index contributed by atoms with van der Waals surface area (Å²) >= 11 is 3.52. The lowest BCUT2D eigenvalue weighted by molar-refractivity contribution is 0.611. The molecule has 0 radical (unpaired) electrons. The van der Waals surface area contributed by atoms with E-state index in [1.54, 1.807) is 0 Å². The number of para-hydroxylation sites is 1. The van der Waals surface area contributed by atoms with Crippen molar-refractivity contribution in [2.75, 3.05) is 0 Å². The molecule has 0 fully saturated rings. The van der Waals surface area contributed by atoms with Crippen LogP contribution in [0.5, 0.6) is 0 Å². The standard InChI is InChI=1S/C10H9BrO/c1-7(11)9-6-12-10-5-3-2-4-8(9)10/h2-7H,1H3. The normalized spacial score (nSPS) is 13.5. The number of hydrogen-bond acceptors (Lipinski definition) is 1. The van der Waals surface area contributed by atoms with Gasteiger partial charge in [-0.25, -0.2) is 0 Å². The maximum absolute atomic E-state index is 5.38. The highest BCUT2D eigenvalue weighted by molar-refractivity contribution is 9.09. The van der Waals surface area contributed by atoms with E-state index in [0.29, 0.717) is 4.83 Å². The molecule has 0 saturated carbocycles. The van der Waals surface area contributed by atoms with Gasteiger partial charge in [-0.2, -0.15) is 0 Å². The fourth-order valence-corrected chi connectivity index (χ4v) is 1.66. The summed E-state index contributed by atoms with van der Waals surface area (Å²) < 4.78 is 5.38. The second-order valence-corrected chi connectivity index (χ2v) is 4.18. The van der Waals surface area contributed by atoms with E-state index >= 15 is 0 Å². The molecule has 0 spiro atoms. The van der Waals surface area contributed by atoms with Crippen LogP contribution in [-0.2, 0) is 0 Å². The van der Waals surface area contributed by atoms with Gasteiger partial charge in [0.05, 0.1) is 6.26 Å². The predicted molar refractivity (Wildman–Crippen MR) is 53.6 cm³/mol. The number of rotatable bonds is 1. The Labute approximate surface area is 79.5 Å². The summed E-state index contributed by atoms with van der Waals surface area (Å²) in [5.74, 6) is 0. The molecule has 1 aromatic carbocycles. The van der Waals surface area contributed by atoms with Crippen molar-refractivity contribution in [3.63, 3.8) is 0 Å². The van der Waals surface area contributed by atoms with Gasteiger partial charge in [-0.3, -0.25) is 0 Å². The van der Waals surface area contributed by atoms with Crippen LogP contribution in [-0.4, -0.2) is 0 Å². The molecule has 0 bridgehead atoms. The zero-order valence-corrected chi connectivity index (χ0v) is 8.34. The molecule has 0 N–H and O–H groups in total. The number of hydrogen-bond donors (Lipinski definition) is 0. The van der Waals surface area contributed by atoms with E-state index in [0.717, 1.165) is 5.58 Å². The summed E-state index contributed by atoms with van der Waals surface area (Å²) in [5.41, 5.74) is 2.17. The van der Waals surface area contributed by atoms with Crippen molar-refractivity contribution in [2.24, 2.45) is 0 Å². The minimum atomic E-state index is 0.348. The van der Waals surface area contributed by atoms with Gasteiger partial charge in [0.15, 0.2) is 0 Å². The number of halogens is 1. The van der Waals surface area contributed by atoms with Crippen LogP contribution in [0.3, 0.4) is 0 Å². The van der Waals surface area contributed by atoms with Crippen molar-refractivity contribution < 1.29 is 4.42 Å². The van der Waals surface area contributed by atoms with Gasteiger partial charge in [0.1, 0.15) is 5.58 Å². The van der Waals surface area contributed by atoms with Crippen LogP contribution in [0.2, 0.25) is 0 Å². The van der Waals surface area contributed by atoms with Crippen molar-refractivity contribution in [2.45, 2.75) is 11.8 Å². The molecule has 12 heavy (non-hydrogen) atoms. The maximum atomic E-state index is 5.38. The van der Waals surface area contributed by atoms with Crippen molar-refractivity contribution in [1.29, 1.82) is 0 Å². The molecule has 2 rings (SSSR count). The minimum Gasteiger partial charge on any atom is -0.464 e. The van der Waals surface area contributed by atoms with Gasteiger partial charge in [-0.15, -0.1) is 0 Å². The molecule has 62 valence electrons. The van der Waals surface area contributed by atoms with Gasteiger partial charge in [0.25, 0.3) is 0 Å². The van der Waals surface area contributed by atoms with Gasteiger partial charge < -0.3 is 4.42 Å². The van der Waals surface area contributed by atoms with Gasteiger partial charge in [0.2, 0.25) is 0 Å². The molecule has 1 nitrogen and oxygen atoms in total. The van der Waals surface area contributed by atoms with Crippen LogP contribution in [0.1, 0.15) is 17.3 Å². The summed E-state index contributed by atoms with van der Waals surface area (Å²) in [5, 5.41) is 1.20. The summed E-state index contributed by atoms with van der Waals surface area (Å²) in [6.45, 7) is 2.09. The number of benzene rings is 1. The Hall–Kier alpha value is -0.760. The lowest BCUT2D eigenvalue weighted by atomic mass is 10.1. The monoisotopic (exact) mass is 224 g/mol. The quantitative estimate of drug-likeness (QED) is 0.671. The summed E-state index contributed by atoms with van der Waals surface area (Å²) in [4.78, 5) is 0.348. The van der Waals surface area contributed by atoms with Gasteiger partial charge in [0, 0.05) is 15.8 Å². The molecule has 0 aliphatic carbocycles. The first kappa shape index (κ1) is 7.87. The maximum Gasteiger partial charge on any atom is 0.134 e. The highest BCUT2D eigenvalue weighted by atomic mass is 79.9. The minimum absolute atomic E-state index is 0.348. The molecule has 1 unspecified atom stereocenters. The van der Waals surface area contributed by atoms with Crippen molar-refractivity contribution in [1.82, 2.24) is 0 Å². The molecule has 2 heteroatoms. The molecule has 0 aliphatic heterocycles. The fourth-order valence-electron chi connectivity index (χ4n) is 1.31. The Morgan fingerprint density at radius 1 is 1.33 bits per heavy atom. The first-order valence-electron chi connectivity index (χ1n) is 3.89. The molecule has 0 amide bonds. The summed E-state index contributed by atoms with van der Waals surface area (Å²) in [6.07, 6.45) is 1.81. The average Bonchev–Trinajstić information content (AvgIpc) is 2.47. The third kappa shape index (κ3) is 1.16. The summed E-state index contributed by atoms with van der Waals surface area (Å²) in [6, 6.07) is 8.06. The first-order chi connectivity index (χ1) is 5.79. The number of alkyl halides is 1. The van der Waals surface area contributed by atoms with Crippen LogP contribution in [0.15, 0.2) is 34.9 Å². The lowest BCUT2D eigenvalue weighted by Crippen LogP contribution is -1.78. The van der Waals surface area contributed by atoms with E-state index in [1.807, 2.05) is 24.5 Å². The lowest BCUT2D eigenvalue weighted by Gasteiger charge is -1.97. The summed E-state index contributed by atoms with van der Waals surface area (Å²) in [7, 11) is 0. The Morgan fingerprint density at radius 2 is 2.08 bits per heavy atom. The van der Waals surface area contributed by atoms with Crippen LogP contribution < -0.4 is 0 Å². The highest BCUT2D eigenvalue weighted by Crippen LogP contribution is 2.30. The van der Waals surface area contributed by atoms with Crippen LogP contribution in [0.4, 0.5) is 0 Å². The molecule has 2 aromatic rings. The SMILES string of the molecule is CC(Br)c1coc2ccccc12. The molecular formula is C10H9BrO. The third-order valence-corrected chi connectivity index (χ3v) is 2.43. The van der Waals surface area contributed by atoms with E-state index in [2.05, 4.69) is 28.9 Å². The zero-order valence-electron chi connectivity index (χ0n) is 6.75. The van der Waals surface area contributed by atoms with E-state index in [-0.39, 0.29) is 0 Å². The van der Waals surface area contributed by atoms with E-state index in [9.17, 15) is 0 Å². The second-order valence-electron chi connectivity index (χ2n) is 2.80. The van der Waals surface area contributed by atoms with Crippen molar-refractivity contribution in [3.05, 3.63) is 36.1 Å². The van der Waals surface area contributed by atoms with Gasteiger partial charge in [-0.05, 0) is 13.0 Å². The number of fused-ring (bicyclic) bond motifs is 1. The number of furan rings is 1. The Morgan fingerprint density at radius 3 is 2.83 bits per heavy atom. The van der Waals surface area contributed by atoms with E-state index in [4.69, 9.17) is 4.42 Å². The van der Waals surface area contributed by atoms with Crippen LogP contribution in [0.25, 0.3) is 11.0 Å². The van der Waals surface area contributed by atoms with E-state index < -0.39 is 0 Å². The smallest absolute Gasteiger partial charge is 0.134 e. The topological polar surface area (TPSA) is 13.1 Å². The van der Waals surface area contributed by atoms with Gasteiger partial charge in [-0.1, -0.05) is 34.1 Å². The molecule has 0 aliphatic rings. The molecule has 1 atom stereocenters. The Balaban J connectivity index is 2.70. The molecular weight excluding hydrogens is 216 g/mol. The Bertz CT molecular complexity index is 389. The third-order valence-electron chi connectivity index (χ3n) is 1.94. The predicted octanol–water partition coefficient (Wildman–Crippen LogP) is 3.89. The van der Waals surface area contributed by atoms with Gasteiger partial charge >= 0.3 is 0 Å². The molecule has 1 aromatic heterocycles. The molecule has 0 saturated heterocycles. The van der Waals surface area contributed by atoms with Crippen molar-refractivity contribution in [3.8, 4) is 0 Å². The van der Waals surface area contributed by atoms with Crippen LogP contribution >= 0.6 is 15.9 Å². The first-order valence-corrected chi connectivity index (χ1v) is 4.81. The largest absolute Gasteiger partial charge is 0.464 e. The zero-order chi connectivity index (χ0) is 8.55. The van der Waals surface area contributed by atoms with Crippen molar-refractivity contribution >= 4 is 26.9 Å². The molecule has 1 heterocycles. The fraction of sp³-hybridized carbons (Fsp3) is 0.200. The van der Waals surface area contributed by atoms with Crippen LogP contribution in [0, 0.1) is 0 Å². The highest BCUT2D eigenvalue weighted by Gasteiger charge is 2.08. The second kappa shape index (κ2) is 2.94. The Kier molecular flexibility index (Phi) is 1.93.